The van der Waals surface area contributed by atoms with Gasteiger partial charge < -0.3 is 10.2 Å². The van der Waals surface area contributed by atoms with Crippen LogP contribution in [0.4, 0.5) is 11.4 Å². The third kappa shape index (κ3) is 1.11. The van der Waals surface area contributed by atoms with Crippen LogP contribution in [-0.4, -0.2) is 13.2 Å². The van der Waals surface area contributed by atoms with E-state index in [4.69, 9.17) is 0 Å². The van der Waals surface area contributed by atoms with Crippen LogP contribution in [0.25, 0.3) is 10.8 Å². The Labute approximate surface area is 89.5 Å². The fourth-order valence-corrected chi connectivity index (χ4v) is 2.27. The van der Waals surface area contributed by atoms with E-state index in [9.17, 15) is 0 Å². The Kier molecular flexibility index (Phi) is 1.66. The van der Waals surface area contributed by atoms with Crippen LogP contribution < -0.4 is 10.2 Å². The van der Waals surface area contributed by atoms with Gasteiger partial charge in [0.05, 0.1) is 6.17 Å². The molecule has 0 aliphatic carbocycles. The van der Waals surface area contributed by atoms with Gasteiger partial charge in [0.25, 0.3) is 0 Å². The molecule has 0 bridgehead atoms. The lowest BCUT2D eigenvalue weighted by Crippen LogP contribution is -2.38. The lowest BCUT2D eigenvalue weighted by atomic mass is 10.0. The molecular formula is C13H14N2. The third-order valence-corrected chi connectivity index (χ3v) is 3.21. The summed E-state index contributed by atoms with van der Waals surface area (Å²) < 4.78 is 0. The van der Waals surface area contributed by atoms with E-state index in [0.717, 1.165) is 0 Å². The zero-order chi connectivity index (χ0) is 10.4. The summed E-state index contributed by atoms with van der Waals surface area (Å²) in [5.74, 6) is 0. The van der Waals surface area contributed by atoms with E-state index in [1.54, 1.807) is 0 Å². The number of benzene rings is 2. The van der Waals surface area contributed by atoms with Crippen molar-refractivity contribution in [3.05, 3.63) is 36.4 Å². The Balaban J connectivity index is 2.41. The first-order valence-corrected chi connectivity index (χ1v) is 5.28. The van der Waals surface area contributed by atoms with Gasteiger partial charge in [0, 0.05) is 23.8 Å². The molecule has 0 saturated carbocycles. The van der Waals surface area contributed by atoms with Crippen LogP contribution in [0.5, 0.6) is 0 Å². The molecule has 76 valence electrons. The highest BCUT2D eigenvalue weighted by Crippen LogP contribution is 2.37. The third-order valence-electron chi connectivity index (χ3n) is 3.21. The minimum atomic E-state index is 0.352. The van der Waals surface area contributed by atoms with Gasteiger partial charge in [-0.15, -0.1) is 0 Å². The van der Waals surface area contributed by atoms with Gasteiger partial charge in [-0.1, -0.05) is 24.3 Å². The van der Waals surface area contributed by atoms with Crippen LogP contribution >= 0.6 is 0 Å². The van der Waals surface area contributed by atoms with Crippen LogP contribution in [0.15, 0.2) is 36.4 Å². The minimum Gasteiger partial charge on any atom is -0.365 e. The van der Waals surface area contributed by atoms with Gasteiger partial charge in [-0.3, -0.25) is 0 Å². The van der Waals surface area contributed by atoms with E-state index in [-0.39, 0.29) is 0 Å². The maximum absolute atomic E-state index is 3.50. The molecule has 0 saturated heterocycles. The fourth-order valence-electron chi connectivity index (χ4n) is 2.27. The molecule has 0 radical (unpaired) electrons. The van der Waals surface area contributed by atoms with Crippen LogP contribution in [0.2, 0.25) is 0 Å². The maximum Gasteiger partial charge on any atom is 0.0958 e. The quantitative estimate of drug-likeness (QED) is 0.700. The Bertz CT molecular complexity index is 514. The van der Waals surface area contributed by atoms with Crippen molar-refractivity contribution in [3.63, 3.8) is 0 Å². The second-order valence-electron chi connectivity index (χ2n) is 4.11. The highest BCUT2D eigenvalue weighted by atomic mass is 15.3. The molecule has 2 nitrogen and oxygen atoms in total. The van der Waals surface area contributed by atoms with Crippen molar-refractivity contribution in [2.24, 2.45) is 0 Å². The molecule has 0 fully saturated rings. The number of rotatable bonds is 0. The summed E-state index contributed by atoms with van der Waals surface area (Å²) in [5.41, 5.74) is 2.56. The van der Waals surface area contributed by atoms with Crippen molar-refractivity contribution in [2.75, 3.05) is 17.3 Å². The maximum atomic E-state index is 3.50. The molecule has 1 atom stereocenters. The highest BCUT2D eigenvalue weighted by molar-refractivity contribution is 6.05. The predicted octanol–water partition coefficient (Wildman–Crippen LogP) is 3.05. The monoisotopic (exact) mass is 198 g/mol. The summed E-state index contributed by atoms with van der Waals surface area (Å²) in [7, 11) is 2.13. The molecule has 0 aromatic heterocycles. The number of hydrogen-bond donors (Lipinski definition) is 1. The Morgan fingerprint density at radius 2 is 1.87 bits per heavy atom. The molecule has 1 unspecified atom stereocenters. The predicted molar refractivity (Wildman–Crippen MR) is 65.4 cm³/mol. The zero-order valence-corrected chi connectivity index (χ0v) is 8.99. The summed E-state index contributed by atoms with van der Waals surface area (Å²) in [5, 5.41) is 6.14. The minimum absolute atomic E-state index is 0.352. The Morgan fingerprint density at radius 1 is 1.13 bits per heavy atom. The van der Waals surface area contributed by atoms with Gasteiger partial charge in [0.2, 0.25) is 0 Å². The van der Waals surface area contributed by atoms with E-state index < -0.39 is 0 Å². The van der Waals surface area contributed by atoms with E-state index in [0.29, 0.717) is 6.17 Å². The summed E-state index contributed by atoms with van der Waals surface area (Å²) in [6.45, 7) is 2.18. The van der Waals surface area contributed by atoms with Gasteiger partial charge in [0.15, 0.2) is 0 Å². The van der Waals surface area contributed by atoms with Gasteiger partial charge in [-0.2, -0.15) is 0 Å². The van der Waals surface area contributed by atoms with Crippen molar-refractivity contribution in [1.82, 2.24) is 0 Å². The first-order chi connectivity index (χ1) is 7.27. The van der Waals surface area contributed by atoms with E-state index in [1.165, 1.54) is 22.1 Å². The molecule has 1 heterocycles. The average Bonchev–Trinajstić information content (AvgIpc) is 2.26. The number of nitrogens with zero attached hydrogens (tertiary/aromatic N) is 1. The Morgan fingerprint density at radius 3 is 2.67 bits per heavy atom. The largest absolute Gasteiger partial charge is 0.365 e. The number of nitrogens with one attached hydrogen (secondary N) is 1. The lowest BCUT2D eigenvalue weighted by molar-refractivity contribution is 0.765. The molecular weight excluding hydrogens is 184 g/mol. The van der Waals surface area contributed by atoms with Crippen molar-refractivity contribution < 1.29 is 0 Å². The fraction of sp³-hybridized carbons (Fsp3) is 0.231. The lowest BCUT2D eigenvalue weighted by Gasteiger charge is -2.35. The zero-order valence-electron chi connectivity index (χ0n) is 8.99. The van der Waals surface area contributed by atoms with Crippen molar-refractivity contribution in [2.45, 2.75) is 13.1 Å². The van der Waals surface area contributed by atoms with Crippen LogP contribution in [0.1, 0.15) is 6.92 Å². The van der Waals surface area contributed by atoms with Crippen molar-refractivity contribution in [1.29, 1.82) is 0 Å². The molecule has 15 heavy (non-hydrogen) atoms. The highest BCUT2D eigenvalue weighted by Gasteiger charge is 2.19. The van der Waals surface area contributed by atoms with E-state index >= 15 is 0 Å². The molecule has 3 rings (SSSR count). The second-order valence-corrected chi connectivity index (χ2v) is 4.11. The molecule has 2 aromatic rings. The van der Waals surface area contributed by atoms with Crippen molar-refractivity contribution in [3.8, 4) is 0 Å². The summed E-state index contributed by atoms with van der Waals surface area (Å²) in [6, 6.07) is 12.9. The average molecular weight is 198 g/mol. The van der Waals surface area contributed by atoms with Crippen LogP contribution in [-0.2, 0) is 0 Å². The normalized spacial score (nSPS) is 19.1. The van der Waals surface area contributed by atoms with Gasteiger partial charge in [-0.25, -0.2) is 0 Å². The summed E-state index contributed by atoms with van der Waals surface area (Å²) in [4.78, 5) is 2.27. The number of hydrogen-bond acceptors (Lipinski definition) is 2. The topological polar surface area (TPSA) is 15.3 Å². The SMILES string of the molecule is CC1Nc2cccc3cccc(c23)N1C. The smallest absolute Gasteiger partial charge is 0.0958 e. The second kappa shape index (κ2) is 2.89. The van der Waals surface area contributed by atoms with Crippen LogP contribution in [0.3, 0.4) is 0 Å². The first kappa shape index (κ1) is 8.60. The van der Waals surface area contributed by atoms with Crippen LogP contribution in [0, 0.1) is 0 Å². The summed E-state index contributed by atoms with van der Waals surface area (Å²) >= 11 is 0. The molecule has 1 N–H and O–H groups in total. The van der Waals surface area contributed by atoms with E-state index in [2.05, 4.69) is 60.6 Å². The standard InChI is InChI=1S/C13H14N2/c1-9-14-11-7-3-5-10-6-4-8-12(13(10)11)15(9)2/h3-9,14H,1-2H3. The van der Waals surface area contributed by atoms with Gasteiger partial charge in [0.1, 0.15) is 0 Å². The molecule has 2 aromatic carbocycles. The molecule has 2 heteroatoms. The first-order valence-electron chi connectivity index (χ1n) is 5.28. The van der Waals surface area contributed by atoms with E-state index in [1.807, 2.05) is 0 Å². The van der Waals surface area contributed by atoms with Gasteiger partial charge in [-0.05, 0) is 24.4 Å². The molecule has 1 aliphatic rings. The number of anilines is 2. The Hall–Kier alpha value is -1.70. The molecule has 1 aliphatic heterocycles. The van der Waals surface area contributed by atoms with Gasteiger partial charge >= 0.3 is 0 Å². The van der Waals surface area contributed by atoms with Crippen molar-refractivity contribution >= 4 is 22.1 Å². The molecule has 0 amide bonds. The molecule has 0 spiro atoms. The summed E-state index contributed by atoms with van der Waals surface area (Å²) in [6.07, 6.45) is 0.352.